The molecule has 3 heteroatoms. The molecule has 5 aromatic rings. The van der Waals surface area contributed by atoms with E-state index in [1.54, 1.807) is 0 Å². The van der Waals surface area contributed by atoms with Crippen LogP contribution in [0.5, 0.6) is 11.5 Å². The highest BCUT2D eigenvalue weighted by atomic mass is 16.5. The van der Waals surface area contributed by atoms with Crippen LogP contribution < -0.4 is 9.30 Å². The minimum Gasteiger partial charge on any atom is -0.455 e. The molecule has 2 heterocycles. The predicted octanol–water partition coefficient (Wildman–Crippen LogP) is 9.75. The van der Waals surface area contributed by atoms with Crippen LogP contribution in [0.15, 0.2) is 48.8 Å². The Balaban J connectivity index is 1.74. The highest BCUT2D eigenvalue weighted by molar-refractivity contribution is 6.12. The van der Waals surface area contributed by atoms with Crippen molar-refractivity contribution in [1.29, 1.82) is 0 Å². The van der Waals surface area contributed by atoms with Gasteiger partial charge in [-0.3, -0.25) is 0 Å². The summed E-state index contributed by atoms with van der Waals surface area (Å²) < 4.78 is 9.34. The van der Waals surface area contributed by atoms with Gasteiger partial charge in [0.05, 0.1) is 12.6 Å². The zero-order valence-electron chi connectivity index (χ0n) is 25.9. The van der Waals surface area contributed by atoms with Gasteiger partial charge < -0.3 is 4.74 Å². The quantitative estimate of drug-likeness (QED) is 0.168. The largest absolute Gasteiger partial charge is 0.455 e. The Morgan fingerprint density at radius 2 is 1.52 bits per heavy atom. The van der Waals surface area contributed by atoms with Crippen molar-refractivity contribution in [2.24, 2.45) is 17.9 Å². The van der Waals surface area contributed by atoms with Crippen molar-refractivity contribution in [3.8, 4) is 22.8 Å². The molecule has 40 heavy (non-hydrogen) atoms. The number of hydrogen-bond acceptors (Lipinski definition) is 2. The molecule has 1 aliphatic rings. The van der Waals surface area contributed by atoms with E-state index in [9.17, 15) is 0 Å². The van der Waals surface area contributed by atoms with E-state index in [1.807, 2.05) is 6.33 Å². The van der Waals surface area contributed by atoms with E-state index in [0.717, 1.165) is 40.6 Å². The van der Waals surface area contributed by atoms with Crippen LogP contribution in [0.3, 0.4) is 0 Å². The van der Waals surface area contributed by atoms with E-state index >= 15 is 0 Å². The SMILES string of the molecule is Cc1c2c(c(CC(C)(C)C)c3ccc(CC(C)(C)C)cc13)Oc1c3ccc(C(C)C)cc3cc3nc[n+](C)c-2c13. The number of rotatable bonds is 3. The van der Waals surface area contributed by atoms with E-state index in [4.69, 9.17) is 9.72 Å². The fourth-order valence-electron chi connectivity index (χ4n) is 6.53. The number of hydrogen-bond donors (Lipinski definition) is 0. The fraction of sp³-hybridized carbons (Fsp3) is 0.405. The molecule has 0 fully saturated rings. The Labute approximate surface area is 239 Å². The first-order valence-corrected chi connectivity index (χ1v) is 14.7. The number of fused-ring (bicyclic) bond motifs is 5. The van der Waals surface area contributed by atoms with Crippen LogP contribution in [0, 0.1) is 17.8 Å². The first-order valence-electron chi connectivity index (χ1n) is 14.7. The van der Waals surface area contributed by atoms with E-state index in [1.165, 1.54) is 49.7 Å². The number of benzene rings is 4. The van der Waals surface area contributed by atoms with Crippen molar-refractivity contribution in [2.45, 2.75) is 81.1 Å². The molecule has 1 aliphatic heterocycles. The van der Waals surface area contributed by atoms with Crippen LogP contribution in [0.2, 0.25) is 0 Å². The lowest BCUT2D eigenvalue weighted by molar-refractivity contribution is -0.662. The third kappa shape index (κ3) is 4.44. The molecule has 3 nitrogen and oxygen atoms in total. The molecule has 0 spiro atoms. The van der Waals surface area contributed by atoms with Gasteiger partial charge in [-0.25, -0.2) is 4.57 Å². The first-order chi connectivity index (χ1) is 18.7. The highest BCUT2D eigenvalue weighted by Gasteiger charge is 2.34. The van der Waals surface area contributed by atoms with Crippen LogP contribution in [0.4, 0.5) is 0 Å². The Hall–Kier alpha value is -3.46. The zero-order valence-corrected chi connectivity index (χ0v) is 25.9. The summed E-state index contributed by atoms with van der Waals surface area (Å²) in [5, 5.41) is 6.09. The summed E-state index contributed by atoms with van der Waals surface area (Å²) in [4.78, 5) is 4.89. The van der Waals surface area contributed by atoms with E-state index in [2.05, 4.69) is 116 Å². The third-order valence-corrected chi connectivity index (χ3v) is 8.29. The van der Waals surface area contributed by atoms with Gasteiger partial charge in [-0.1, -0.05) is 91.8 Å². The van der Waals surface area contributed by atoms with Crippen LogP contribution >= 0.6 is 0 Å². The van der Waals surface area contributed by atoms with Gasteiger partial charge in [0.15, 0.2) is 17.0 Å². The molecule has 0 N–H and O–H groups in total. The van der Waals surface area contributed by atoms with E-state index in [0.29, 0.717) is 5.92 Å². The molecule has 0 saturated heterocycles. The monoisotopic (exact) mass is 531 g/mol. The molecule has 0 atom stereocenters. The Kier molecular flexibility index (Phi) is 6.04. The second-order valence-corrected chi connectivity index (χ2v) is 14.7. The second-order valence-electron chi connectivity index (χ2n) is 14.7. The predicted molar refractivity (Wildman–Crippen MR) is 169 cm³/mol. The molecule has 0 radical (unpaired) electrons. The van der Waals surface area contributed by atoms with Gasteiger partial charge in [-0.2, -0.15) is 0 Å². The summed E-state index contributed by atoms with van der Waals surface area (Å²) in [6.45, 7) is 20.7. The summed E-state index contributed by atoms with van der Waals surface area (Å²) in [7, 11) is 2.12. The summed E-state index contributed by atoms with van der Waals surface area (Å²) >= 11 is 0. The number of aryl methyl sites for hydroxylation is 2. The topological polar surface area (TPSA) is 26.0 Å². The molecular weight excluding hydrogens is 488 g/mol. The molecule has 0 bridgehead atoms. The van der Waals surface area contributed by atoms with Crippen molar-refractivity contribution in [3.63, 3.8) is 0 Å². The van der Waals surface area contributed by atoms with Gasteiger partial charge >= 0.3 is 0 Å². The van der Waals surface area contributed by atoms with Crippen LogP contribution in [0.25, 0.3) is 43.7 Å². The lowest BCUT2D eigenvalue weighted by Crippen LogP contribution is -2.33. The minimum atomic E-state index is 0.102. The van der Waals surface area contributed by atoms with Gasteiger partial charge in [0.1, 0.15) is 11.1 Å². The normalized spacial score (nSPS) is 13.4. The summed E-state index contributed by atoms with van der Waals surface area (Å²) in [5.41, 5.74) is 9.03. The number of ether oxygens (including phenoxy) is 1. The van der Waals surface area contributed by atoms with Crippen LogP contribution in [-0.2, 0) is 19.9 Å². The van der Waals surface area contributed by atoms with Crippen molar-refractivity contribution < 1.29 is 9.30 Å². The zero-order chi connectivity index (χ0) is 28.7. The standard InChI is InChI=1S/C37H43N2O/c1-21(2)24-12-14-26-25(16-24)17-30-32-33(39(10)20-38-30)31-22(3)28-15-23(18-36(4,5)6)11-13-27(28)29(19-37(7,8)9)35(31)40-34(26)32/h11-17,20-21H,18-19H2,1-10H3/q+1. The number of nitrogens with zero attached hydrogens (tertiary/aromatic N) is 2. The molecular formula is C37H43N2O+. The summed E-state index contributed by atoms with van der Waals surface area (Å²) in [6.07, 6.45) is 3.95. The maximum Gasteiger partial charge on any atom is 0.287 e. The molecule has 1 aromatic heterocycles. The van der Waals surface area contributed by atoms with Crippen molar-refractivity contribution >= 4 is 32.4 Å². The van der Waals surface area contributed by atoms with Gasteiger partial charge in [0, 0.05) is 10.9 Å². The Morgan fingerprint density at radius 1 is 0.825 bits per heavy atom. The lowest BCUT2D eigenvalue weighted by Gasteiger charge is -2.29. The Bertz CT molecular complexity index is 1830. The van der Waals surface area contributed by atoms with Gasteiger partial charge in [-0.05, 0) is 80.4 Å². The van der Waals surface area contributed by atoms with E-state index < -0.39 is 0 Å². The lowest BCUT2D eigenvalue weighted by atomic mass is 9.80. The van der Waals surface area contributed by atoms with Crippen LogP contribution in [-0.4, -0.2) is 4.98 Å². The maximum absolute atomic E-state index is 7.14. The fourth-order valence-corrected chi connectivity index (χ4v) is 6.53. The summed E-state index contributed by atoms with van der Waals surface area (Å²) in [6, 6.07) is 16.2. The second kappa shape index (κ2) is 9.03. The molecule has 0 saturated carbocycles. The average Bonchev–Trinajstić information content (AvgIpc) is 2.86. The van der Waals surface area contributed by atoms with Gasteiger partial charge in [0.25, 0.3) is 6.33 Å². The van der Waals surface area contributed by atoms with Crippen LogP contribution in [0.1, 0.15) is 83.6 Å². The smallest absolute Gasteiger partial charge is 0.287 e. The molecule has 206 valence electrons. The first kappa shape index (κ1) is 26.7. The number of aromatic nitrogens is 2. The molecule has 0 aliphatic carbocycles. The molecule has 4 aromatic carbocycles. The van der Waals surface area contributed by atoms with Crippen molar-refractivity contribution in [3.05, 3.63) is 71.0 Å². The van der Waals surface area contributed by atoms with Crippen molar-refractivity contribution in [2.75, 3.05) is 0 Å². The molecule has 0 amide bonds. The van der Waals surface area contributed by atoms with Gasteiger partial charge in [-0.15, -0.1) is 0 Å². The molecule has 6 rings (SSSR count). The summed E-state index contributed by atoms with van der Waals surface area (Å²) in [5.74, 6) is 2.41. The maximum atomic E-state index is 7.14. The third-order valence-electron chi connectivity index (χ3n) is 8.29. The average molecular weight is 532 g/mol. The molecule has 0 unspecified atom stereocenters. The highest BCUT2D eigenvalue weighted by Crippen LogP contribution is 2.53. The van der Waals surface area contributed by atoms with Crippen molar-refractivity contribution in [1.82, 2.24) is 4.98 Å². The Morgan fingerprint density at radius 3 is 2.20 bits per heavy atom. The minimum absolute atomic E-state index is 0.102. The van der Waals surface area contributed by atoms with Gasteiger partial charge in [0.2, 0.25) is 0 Å². The van der Waals surface area contributed by atoms with E-state index in [-0.39, 0.29) is 10.8 Å².